The van der Waals surface area contributed by atoms with Gasteiger partial charge in [0.1, 0.15) is 5.75 Å². The third kappa shape index (κ3) is 2.35. The van der Waals surface area contributed by atoms with Gasteiger partial charge in [0, 0.05) is 13.0 Å². The highest BCUT2D eigenvalue weighted by molar-refractivity contribution is 5.73. The third-order valence-corrected chi connectivity index (χ3v) is 3.05. The predicted molar refractivity (Wildman–Crippen MR) is 62.6 cm³/mol. The number of rotatable bonds is 2. The fourth-order valence-electron chi connectivity index (χ4n) is 2.27. The van der Waals surface area contributed by atoms with Crippen molar-refractivity contribution >= 4 is 5.91 Å². The fourth-order valence-corrected chi connectivity index (χ4v) is 2.27. The number of carbonyl (C=O) groups excluding carboxylic acids is 1. The molecule has 1 aliphatic rings. The molecule has 3 heteroatoms. The Balaban J connectivity index is 2.14. The molecule has 0 spiro atoms. The lowest BCUT2D eigenvalue weighted by Gasteiger charge is -2.25. The van der Waals surface area contributed by atoms with Crippen molar-refractivity contribution in [2.45, 2.75) is 32.2 Å². The van der Waals surface area contributed by atoms with E-state index in [0.29, 0.717) is 0 Å². The zero-order valence-corrected chi connectivity index (χ0v) is 9.75. The van der Waals surface area contributed by atoms with E-state index in [0.717, 1.165) is 25.0 Å². The summed E-state index contributed by atoms with van der Waals surface area (Å²) in [6, 6.07) is 6.47. The van der Waals surface area contributed by atoms with Crippen molar-refractivity contribution in [2.24, 2.45) is 0 Å². The van der Waals surface area contributed by atoms with Crippen LogP contribution in [0.5, 0.6) is 5.75 Å². The van der Waals surface area contributed by atoms with Gasteiger partial charge in [0.2, 0.25) is 5.91 Å². The molecule has 16 heavy (non-hydrogen) atoms. The summed E-state index contributed by atoms with van der Waals surface area (Å²) in [4.78, 5) is 11.0. The zero-order chi connectivity index (χ0) is 11.5. The average Bonchev–Trinajstić information content (AvgIpc) is 2.27. The molecule has 0 saturated heterocycles. The van der Waals surface area contributed by atoms with Crippen molar-refractivity contribution in [3.63, 3.8) is 0 Å². The van der Waals surface area contributed by atoms with E-state index in [4.69, 9.17) is 4.74 Å². The second-order valence-corrected chi connectivity index (χ2v) is 4.27. The van der Waals surface area contributed by atoms with Crippen LogP contribution in [0.4, 0.5) is 0 Å². The Kier molecular flexibility index (Phi) is 3.13. The Hall–Kier alpha value is -1.51. The summed E-state index contributed by atoms with van der Waals surface area (Å²) >= 11 is 0. The van der Waals surface area contributed by atoms with Gasteiger partial charge in [0.25, 0.3) is 0 Å². The Labute approximate surface area is 95.8 Å². The monoisotopic (exact) mass is 219 g/mol. The van der Waals surface area contributed by atoms with Crippen LogP contribution in [0.2, 0.25) is 0 Å². The van der Waals surface area contributed by atoms with Crippen LogP contribution in [0.15, 0.2) is 18.2 Å². The topological polar surface area (TPSA) is 38.3 Å². The normalized spacial score (nSPS) is 18.8. The second-order valence-electron chi connectivity index (χ2n) is 4.27. The molecule has 0 aromatic heterocycles. The van der Waals surface area contributed by atoms with Gasteiger partial charge in [0.15, 0.2) is 0 Å². The molecule has 0 radical (unpaired) electrons. The summed E-state index contributed by atoms with van der Waals surface area (Å²) in [5, 5.41) is 2.98. The van der Waals surface area contributed by atoms with E-state index in [1.54, 1.807) is 14.0 Å². The van der Waals surface area contributed by atoms with E-state index in [-0.39, 0.29) is 11.9 Å². The standard InChI is InChI=1S/C13H17NO2/c1-9(15)14-12-5-3-10-4-6-13(16-2)8-11(10)7-12/h4,6,8,12H,3,5,7H2,1-2H3,(H,14,15)/t12-/m1/s1. The molecule has 86 valence electrons. The molecule has 0 unspecified atom stereocenters. The first kappa shape index (κ1) is 11.0. The highest BCUT2D eigenvalue weighted by Crippen LogP contribution is 2.25. The first-order chi connectivity index (χ1) is 7.69. The van der Waals surface area contributed by atoms with Gasteiger partial charge in [-0.3, -0.25) is 4.79 Å². The van der Waals surface area contributed by atoms with E-state index in [1.165, 1.54) is 11.1 Å². The predicted octanol–water partition coefficient (Wildman–Crippen LogP) is 1.69. The first-order valence-electron chi connectivity index (χ1n) is 5.62. The Morgan fingerprint density at radius 3 is 2.94 bits per heavy atom. The maximum absolute atomic E-state index is 11.0. The number of hydrogen-bond acceptors (Lipinski definition) is 2. The van der Waals surface area contributed by atoms with Crippen molar-refractivity contribution in [3.8, 4) is 5.75 Å². The van der Waals surface area contributed by atoms with E-state index in [2.05, 4.69) is 17.4 Å². The van der Waals surface area contributed by atoms with Crippen molar-refractivity contribution in [3.05, 3.63) is 29.3 Å². The average molecular weight is 219 g/mol. The van der Waals surface area contributed by atoms with Crippen molar-refractivity contribution in [2.75, 3.05) is 7.11 Å². The second kappa shape index (κ2) is 4.56. The molecule has 3 nitrogen and oxygen atoms in total. The van der Waals surface area contributed by atoms with Crippen LogP contribution in [0.25, 0.3) is 0 Å². The molecule has 0 heterocycles. The molecule has 1 aromatic rings. The highest BCUT2D eigenvalue weighted by atomic mass is 16.5. The van der Waals surface area contributed by atoms with Crippen molar-refractivity contribution in [1.82, 2.24) is 5.32 Å². The molecule has 1 aliphatic carbocycles. The molecule has 2 rings (SSSR count). The minimum atomic E-state index is 0.0522. The van der Waals surface area contributed by atoms with Crippen LogP contribution in [-0.4, -0.2) is 19.1 Å². The van der Waals surface area contributed by atoms with Crippen LogP contribution >= 0.6 is 0 Å². The highest BCUT2D eigenvalue weighted by Gasteiger charge is 2.19. The SMILES string of the molecule is COc1ccc2c(c1)C[C@H](NC(C)=O)CC2. The number of aryl methyl sites for hydroxylation is 1. The molecule has 1 N–H and O–H groups in total. The molecule has 1 aromatic carbocycles. The van der Waals surface area contributed by atoms with E-state index >= 15 is 0 Å². The molecular weight excluding hydrogens is 202 g/mol. The molecule has 0 fully saturated rings. The largest absolute Gasteiger partial charge is 0.497 e. The number of ether oxygens (including phenoxy) is 1. The van der Waals surface area contributed by atoms with Crippen LogP contribution in [0, 0.1) is 0 Å². The number of amides is 1. The lowest BCUT2D eigenvalue weighted by molar-refractivity contribution is -0.119. The molecule has 1 atom stereocenters. The van der Waals surface area contributed by atoms with Gasteiger partial charge in [-0.1, -0.05) is 6.07 Å². The quantitative estimate of drug-likeness (QED) is 0.822. The Morgan fingerprint density at radius 2 is 2.25 bits per heavy atom. The summed E-state index contributed by atoms with van der Waals surface area (Å²) in [5.41, 5.74) is 2.67. The first-order valence-corrected chi connectivity index (χ1v) is 5.62. The number of methoxy groups -OCH3 is 1. The zero-order valence-electron chi connectivity index (χ0n) is 9.75. The van der Waals surface area contributed by atoms with Gasteiger partial charge in [-0.2, -0.15) is 0 Å². The summed E-state index contributed by atoms with van der Waals surface area (Å²) in [5.74, 6) is 0.943. The maximum atomic E-state index is 11.0. The van der Waals surface area contributed by atoms with E-state index in [1.807, 2.05) is 6.07 Å². The molecular formula is C13H17NO2. The maximum Gasteiger partial charge on any atom is 0.217 e. The fraction of sp³-hybridized carbons (Fsp3) is 0.462. The molecule has 0 aliphatic heterocycles. The molecule has 1 amide bonds. The Bertz CT molecular complexity index is 401. The number of fused-ring (bicyclic) bond motifs is 1. The van der Waals surface area contributed by atoms with Gasteiger partial charge in [-0.05, 0) is 42.5 Å². The molecule has 0 bridgehead atoms. The minimum Gasteiger partial charge on any atom is -0.497 e. The van der Waals surface area contributed by atoms with Crippen LogP contribution in [0.3, 0.4) is 0 Å². The molecule has 0 saturated carbocycles. The van der Waals surface area contributed by atoms with Crippen molar-refractivity contribution in [1.29, 1.82) is 0 Å². The van der Waals surface area contributed by atoms with Crippen LogP contribution < -0.4 is 10.1 Å². The lowest BCUT2D eigenvalue weighted by atomic mass is 9.88. The van der Waals surface area contributed by atoms with Gasteiger partial charge in [-0.25, -0.2) is 0 Å². The summed E-state index contributed by atoms with van der Waals surface area (Å²) in [6.45, 7) is 1.57. The van der Waals surface area contributed by atoms with Gasteiger partial charge >= 0.3 is 0 Å². The van der Waals surface area contributed by atoms with Gasteiger partial charge < -0.3 is 10.1 Å². The van der Waals surface area contributed by atoms with Gasteiger partial charge in [0.05, 0.1) is 7.11 Å². The number of benzene rings is 1. The number of nitrogens with one attached hydrogen (secondary N) is 1. The van der Waals surface area contributed by atoms with Crippen molar-refractivity contribution < 1.29 is 9.53 Å². The van der Waals surface area contributed by atoms with Gasteiger partial charge in [-0.15, -0.1) is 0 Å². The smallest absolute Gasteiger partial charge is 0.217 e. The minimum absolute atomic E-state index is 0.0522. The van der Waals surface area contributed by atoms with E-state index in [9.17, 15) is 4.79 Å². The van der Waals surface area contributed by atoms with Crippen LogP contribution in [0.1, 0.15) is 24.5 Å². The van der Waals surface area contributed by atoms with Crippen LogP contribution in [-0.2, 0) is 17.6 Å². The number of hydrogen-bond donors (Lipinski definition) is 1. The summed E-state index contributed by atoms with van der Waals surface area (Å²) in [7, 11) is 1.68. The Morgan fingerprint density at radius 1 is 1.44 bits per heavy atom. The summed E-state index contributed by atoms with van der Waals surface area (Å²) < 4.78 is 5.21. The van der Waals surface area contributed by atoms with E-state index < -0.39 is 0 Å². The third-order valence-electron chi connectivity index (χ3n) is 3.05. The summed E-state index contributed by atoms with van der Waals surface area (Å²) in [6.07, 6.45) is 2.97. The lowest BCUT2D eigenvalue weighted by Crippen LogP contribution is -2.37. The number of carbonyl (C=O) groups is 1.